The average molecular weight is 294 g/mol. The Hall–Kier alpha value is -1.89. The predicted molar refractivity (Wildman–Crippen MR) is 85.0 cm³/mol. The van der Waals surface area contributed by atoms with Crippen LogP contribution in [0.2, 0.25) is 0 Å². The molecule has 0 aliphatic rings. The van der Waals surface area contributed by atoms with Gasteiger partial charge in [-0.2, -0.15) is 0 Å². The van der Waals surface area contributed by atoms with Crippen LogP contribution in [0.1, 0.15) is 39.1 Å². The van der Waals surface area contributed by atoms with E-state index in [0.717, 1.165) is 5.56 Å². The number of carbonyl (C=O) groups excluding carboxylic acids is 1. The highest BCUT2D eigenvalue weighted by atomic mass is 16.2. The Kier molecular flexibility index (Phi) is 6.36. The van der Waals surface area contributed by atoms with E-state index in [1.54, 1.807) is 4.90 Å². The third kappa shape index (κ3) is 4.04. The molecule has 4 N–H and O–H groups in total. The number of anilines is 2. The molecule has 118 valence electrons. The number of nitrogens with zero attached hydrogens (tertiary/aromatic N) is 3. The minimum atomic E-state index is -0.353. The van der Waals surface area contributed by atoms with Crippen LogP contribution >= 0.6 is 0 Å². The zero-order chi connectivity index (χ0) is 16.0. The van der Waals surface area contributed by atoms with Gasteiger partial charge in [0.25, 0.3) is 0 Å². The second-order valence-corrected chi connectivity index (χ2v) is 4.84. The van der Waals surface area contributed by atoms with Crippen molar-refractivity contribution < 1.29 is 4.79 Å². The quantitative estimate of drug-likeness (QED) is 0.518. The molecule has 0 fully saturated rings. The monoisotopic (exact) mass is 294 g/mol. The first-order valence-corrected chi connectivity index (χ1v) is 7.37. The number of amides is 1. The Morgan fingerprint density at radius 3 is 2.29 bits per heavy atom. The smallest absolute Gasteiger partial charge is 0.244 e. The van der Waals surface area contributed by atoms with Crippen molar-refractivity contribution in [1.82, 2.24) is 14.9 Å². The molecule has 1 aromatic heterocycles. The molecule has 7 nitrogen and oxygen atoms in total. The van der Waals surface area contributed by atoms with Crippen molar-refractivity contribution in [3.05, 3.63) is 11.4 Å². The standard InChI is InChI=1S/C14H26N6O/c1-6-11-17-12(9(4)13(18-11)19-15)16-10(5)14(21)20(7-2)8-3/h10H,6-8,15H2,1-5H3,(H2,16,17,18,19). The molecule has 1 aromatic rings. The maximum absolute atomic E-state index is 12.3. The zero-order valence-electron chi connectivity index (χ0n) is 13.5. The zero-order valence-corrected chi connectivity index (χ0v) is 13.5. The minimum absolute atomic E-state index is 0.0540. The number of likely N-dealkylation sites (N-methyl/N-ethyl adjacent to an activating group) is 1. The summed E-state index contributed by atoms with van der Waals surface area (Å²) in [7, 11) is 0. The van der Waals surface area contributed by atoms with Gasteiger partial charge in [-0.3, -0.25) is 4.79 Å². The Labute approximate surface area is 126 Å². The van der Waals surface area contributed by atoms with Gasteiger partial charge in [0.1, 0.15) is 23.5 Å². The van der Waals surface area contributed by atoms with Gasteiger partial charge >= 0.3 is 0 Å². The fraction of sp³-hybridized carbons (Fsp3) is 0.643. The number of nitrogens with two attached hydrogens (primary N) is 1. The Bertz CT molecular complexity index is 487. The van der Waals surface area contributed by atoms with Gasteiger partial charge < -0.3 is 15.6 Å². The van der Waals surface area contributed by atoms with Crippen LogP contribution < -0.4 is 16.6 Å². The van der Waals surface area contributed by atoms with Gasteiger partial charge in [-0.25, -0.2) is 15.8 Å². The summed E-state index contributed by atoms with van der Waals surface area (Å²) in [6.45, 7) is 11.0. The molecule has 0 saturated carbocycles. The molecular weight excluding hydrogens is 268 g/mol. The molecular formula is C14H26N6O. The van der Waals surface area contributed by atoms with Gasteiger partial charge in [-0.1, -0.05) is 6.92 Å². The van der Waals surface area contributed by atoms with Gasteiger partial charge in [-0.15, -0.1) is 0 Å². The molecule has 1 atom stereocenters. The molecule has 7 heteroatoms. The van der Waals surface area contributed by atoms with Gasteiger partial charge in [0.05, 0.1) is 0 Å². The summed E-state index contributed by atoms with van der Waals surface area (Å²) in [5.41, 5.74) is 3.37. The van der Waals surface area contributed by atoms with Gasteiger partial charge in [0, 0.05) is 25.1 Å². The van der Waals surface area contributed by atoms with E-state index >= 15 is 0 Å². The van der Waals surface area contributed by atoms with Crippen molar-refractivity contribution in [2.75, 3.05) is 23.8 Å². The molecule has 0 saturated heterocycles. The second kappa shape index (κ2) is 7.78. The molecule has 0 bridgehead atoms. The van der Waals surface area contributed by atoms with Gasteiger partial charge in [0.15, 0.2) is 0 Å². The van der Waals surface area contributed by atoms with Crippen LogP contribution in [0, 0.1) is 6.92 Å². The summed E-state index contributed by atoms with van der Waals surface area (Å²) in [4.78, 5) is 22.8. The number of aromatic nitrogens is 2. The van der Waals surface area contributed by atoms with Crippen LogP contribution in [0.4, 0.5) is 11.6 Å². The summed E-state index contributed by atoms with van der Waals surface area (Å²) in [6.07, 6.45) is 0.696. The molecule has 1 unspecified atom stereocenters. The maximum atomic E-state index is 12.3. The number of rotatable bonds is 7. The van der Waals surface area contributed by atoms with Gasteiger partial charge in [-0.05, 0) is 27.7 Å². The van der Waals surface area contributed by atoms with E-state index in [-0.39, 0.29) is 11.9 Å². The molecule has 0 spiro atoms. The normalized spacial score (nSPS) is 11.9. The lowest BCUT2D eigenvalue weighted by Crippen LogP contribution is -2.41. The van der Waals surface area contributed by atoms with E-state index in [9.17, 15) is 4.79 Å². The summed E-state index contributed by atoms with van der Waals surface area (Å²) in [5.74, 6) is 7.43. The highest BCUT2D eigenvalue weighted by molar-refractivity contribution is 5.84. The molecule has 1 rings (SSSR count). The van der Waals surface area contributed by atoms with E-state index in [4.69, 9.17) is 5.84 Å². The molecule has 1 heterocycles. The molecule has 21 heavy (non-hydrogen) atoms. The van der Waals surface area contributed by atoms with Crippen molar-refractivity contribution in [1.29, 1.82) is 0 Å². The second-order valence-electron chi connectivity index (χ2n) is 4.84. The number of nitrogen functional groups attached to an aromatic ring is 1. The lowest BCUT2D eigenvalue weighted by Gasteiger charge is -2.24. The molecule has 0 aliphatic heterocycles. The van der Waals surface area contributed by atoms with Crippen LogP contribution in [-0.2, 0) is 11.2 Å². The minimum Gasteiger partial charge on any atom is -0.358 e. The Morgan fingerprint density at radius 1 is 1.24 bits per heavy atom. The van der Waals surface area contributed by atoms with Crippen molar-refractivity contribution in [3.63, 3.8) is 0 Å². The van der Waals surface area contributed by atoms with Crippen molar-refractivity contribution in [2.24, 2.45) is 5.84 Å². The summed E-state index contributed by atoms with van der Waals surface area (Å²) in [6, 6.07) is -0.353. The number of nitrogens with one attached hydrogen (secondary N) is 2. The van der Waals surface area contributed by atoms with E-state index in [1.807, 2.05) is 34.6 Å². The van der Waals surface area contributed by atoms with E-state index in [2.05, 4.69) is 20.7 Å². The lowest BCUT2D eigenvalue weighted by atomic mass is 10.2. The highest BCUT2D eigenvalue weighted by Crippen LogP contribution is 2.20. The fourth-order valence-electron chi connectivity index (χ4n) is 2.08. The molecule has 1 amide bonds. The summed E-state index contributed by atoms with van der Waals surface area (Å²) in [5, 5.41) is 3.17. The number of hydrazine groups is 1. The first-order valence-electron chi connectivity index (χ1n) is 7.37. The first-order chi connectivity index (χ1) is 9.98. The van der Waals surface area contributed by atoms with Crippen LogP contribution in [0.25, 0.3) is 0 Å². The number of carbonyl (C=O) groups is 1. The van der Waals surface area contributed by atoms with Gasteiger partial charge in [0.2, 0.25) is 5.91 Å². The fourth-order valence-corrected chi connectivity index (χ4v) is 2.08. The summed E-state index contributed by atoms with van der Waals surface area (Å²) < 4.78 is 0. The maximum Gasteiger partial charge on any atom is 0.244 e. The van der Waals surface area contributed by atoms with Crippen LogP contribution in [0.15, 0.2) is 0 Å². The highest BCUT2D eigenvalue weighted by Gasteiger charge is 2.20. The molecule has 0 radical (unpaired) electrons. The van der Waals surface area contributed by atoms with E-state index in [0.29, 0.717) is 37.0 Å². The van der Waals surface area contributed by atoms with Crippen molar-refractivity contribution in [2.45, 2.75) is 47.1 Å². The molecule has 0 aromatic carbocycles. The number of hydrogen-bond donors (Lipinski definition) is 3. The topological polar surface area (TPSA) is 96.2 Å². The first kappa shape index (κ1) is 17.2. The van der Waals surface area contributed by atoms with E-state index in [1.165, 1.54) is 0 Å². The van der Waals surface area contributed by atoms with Crippen molar-refractivity contribution in [3.8, 4) is 0 Å². The lowest BCUT2D eigenvalue weighted by molar-refractivity contribution is -0.131. The third-order valence-electron chi connectivity index (χ3n) is 3.44. The Balaban J connectivity index is 2.98. The number of hydrogen-bond acceptors (Lipinski definition) is 6. The Morgan fingerprint density at radius 2 is 1.81 bits per heavy atom. The largest absolute Gasteiger partial charge is 0.358 e. The third-order valence-corrected chi connectivity index (χ3v) is 3.44. The summed E-state index contributed by atoms with van der Waals surface area (Å²) >= 11 is 0. The van der Waals surface area contributed by atoms with Crippen LogP contribution in [-0.4, -0.2) is 39.9 Å². The SMILES string of the molecule is CCc1nc(NN)c(C)c(NC(C)C(=O)N(CC)CC)n1. The average Bonchev–Trinajstić information content (AvgIpc) is 2.50. The predicted octanol–water partition coefficient (Wildman–Crippen LogP) is 1.30. The van der Waals surface area contributed by atoms with Crippen molar-refractivity contribution >= 4 is 17.5 Å². The van der Waals surface area contributed by atoms with Crippen LogP contribution in [0.5, 0.6) is 0 Å². The van der Waals surface area contributed by atoms with E-state index < -0.39 is 0 Å². The molecule has 0 aliphatic carbocycles. The number of aryl methyl sites for hydroxylation is 1. The van der Waals surface area contributed by atoms with Crippen LogP contribution in [0.3, 0.4) is 0 Å².